The van der Waals surface area contributed by atoms with E-state index in [0.29, 0.717) is 11.1 Å². The van der Waals surface area contributed by atoms with Crippen LogP contribution >= 0.6 is 11.3 Å². The van der Waals surface area contributed by atoms with Gasteiger partial charge in [0.2, 0.25) is 0 Å². The molecule has 4 nitrogen and oxygen atoms in total. The van der Waals surface area contributed by atoms with Crippen LogP contribution in [0, 0.1) is 0 Å². The third-order valence-corrected chi connectivity index (χ3v) is 10.3. The Morgan fingerprint density at radius 1 is 0.411 bits per heavy atom. The molecule has 3 aromatic heterocycles. The van der Waals surface area contributed by atoms with Gasteiger partial charge in [0.25, 0.3) is 0 Å². The molecule has 0 aliphatic heterocycles. The first-order valence-corrected chi connectivity index (χ1v) is 18.0. The Morgan fingerprint density at radius 2 is 1.02 bits per heavy atom. The number of nitrogens with zero attached hydrogens (tertiary/aromatic N) is 4. The van der Waals surface area contributed by atoms with Crippen molar-refractivity contribution in [2.75, 3.05) is 0 Å². The fraction of sp³-hybridized carbons (Fsp3) is 0. The second-order valence-corrected chi connectivity index (χ2v) is 13.6. The molecule has 3 heterocycles. The van der Waals surface area contributed by atoms with Crippen LogP contribution in [0.4, 0.5) is 0 Å². The summed E-state index contributed by atoms with van der Waals surface area (Å²) in [5, 5.41) is -0.612. The van der Waals surface area contributed by atoms with Crippen LogP contribution in [0.2, 0.25) is 0 Å². The van der Waals surface area contributed by atoms with E-state index in [2.05, 4.69) is 0 Å². The molecule has 0 fully saturated rings. The molecule has 8 aromatic carbocycles. The van der Waals surface area contributed by atoms with Crippen LogP contribution in [0.3, 0.4) is 0 Å². The quantitative estimate of drug-likeness (QED) is 0.170. The van der Waals surface area contributed by atoms with E-state index in [0.717, 1.165) is 11.3 Å². The highest BCUT2D eigenvalue weighted by Gasteiger charge is 2.21. The van der Waals surface area contributed by atoms with Gasteiger partial charge in [-0.3, -0.25) is 0 Å². The minimum atomic E-state index is -0.769. The summed E-state index contributed by atoms with van der Waals surface area (Å²) in [6.45, 7) is 0. The van der Waals surface area contributed by atoms with Crippen LogP contribution in [0.1, 0.15) is 26.0 Å². The van der Waals surface area contributed by atoms with E-state index in [1.807, 2.05) is 0 Å². The van der Waals surface area contributed by atoms with Crippen molar-refractivity contribution in [3.8, 4) is 62.1 Å². The van der Waals surface area contributed by atoms with E-state index in [-0.39, 0.29) is 93.9 Å². The first-order valence-electron chi connectivity index (χ1n) is 26.7. The Hall–Kier alpha value is -7.21. The number of para-hydroxylation sites is 1. The summed E-state index contributed by atoms with van der Waals surface area (Å²) in [5.41, 5.74) is -0.548. The lowest BCUT2D eigenvalue weighted by molar-refractivity contribution is 1.06. The van der Waals surface area contributed by atoms with Gasteiger partial charge in [-0.05, 0) is 64.6 Å². The molecule has 0 unspecified atom stereocenters. The minimum Gasteiger partial charge on any atom is -0.309 e. The Morgan fingerprint density at radius 3 is 1.79 bits per heavy atom. The van der Waals surface area contributed by atoms with Crippen molar-refractivity contribution in [2.24, 2.45) is 0 Å². The standard InChI is InChI=1S/C51H32N4S/c1-4-14-33(15-5-1)36-25-28-45-42(30-36)39-20-10-12-22-44(39)55(45)46-29-26-37(38-24-27-41-40-21-11-13-23-47(40)56-48(41)32-38)31-43(46)51-53-49(34-16-6-2-7-17-34)52-50(54-51)35-18-8-3-9-19-35/h1-32H/i1D,4D,5D,10D,11D,12D,13D,14D,15D,20D,21D,22D,23D,24D,25D,27D,28D,30D,32D. The van der Waals surface area contributed by atoms with Gasteiger partial charge in [-0.1, -0.05) is 151 Å². The van der Waals surface area contributed by atoms with Gasteiger partial charge in [-0.2, -0.15) is 0 Å². The average molecular weight is 752 g/mol. The molecule has 56 heavy (non-hydrogen) atoms. The zero-order valence-electron chi connectivity index (χ0n) is 47.7. The van der Waals surface area contributed by atoms with E-state index < -0.39 is 114 Å². The summed E-state index contributed by atoms with van der Waals surface area (Å²) in [4.78, 5) is 14.8. The molecule has 11 aromatic rings. The van der Waals surface area contributed by atoms with E-state index in [9.17, 15) is 11.0 Å². The van der Waals surface area contributed by atoms with Crippen LogP contribution < -0.4 is 0 Å². The summed E-state index contributed by atoms with van der Waals surface area (Å²) in [6, 6.07) is 10.5. The summed E-state index contributed by atoms with van der Waals surface area (Å²) < 4.78 is 172. The van der Waals surface area contributed by atoms with Gasteiger partial charge in [0.15, 0.2) is 17.5 Å². The van der Waals surface area contributed by atoms with Gasteiger partial charge < -0.3 is 4.57 Å². The number of hydrogen-bond acceptors (Lipinski definition) is 4. The first kappa shape index (κ1) is 18.4. The van der Waals surface area contributed by atoms with Crippen LogP contribution in [-0.4, -0.2) is 19.5 Å². The zero-order chi connectivity index (χ0) is 53.5. The molecule has 0 amide bonds. The third-order valence-electron chi connectivity index (χ3n) is 9.26. The predicted molar refractivity (Wildman–Crippen MR) is 234 cm³/mol. The highest BCUT2D eigenvalue weighted by molar-refractivity contribution is 7.25. The van der Waals surface area contributed by atoms with E-state index in [1.165, 1.54) is 22.8 Å². The number of thiophene rings is 1. The number of rotatable bonds is 6. The highest BCUT2D eigenvalue weighted by atomic mass is 32.1. The van der Waals surface area contributed by atoms with Gasteiger partial charge in [0.05, 0.1) is 42.8 Å². The fourth-order valence-electron chi connectivity index (χ4n) is 6.69. The van der Waals surface area contributed by atoms with Gasteiger partial charge >= 0.3 is 0 Å². The number of fused-ring (bicyclic) bond motifs is 6. The maximum atomic E-state index is 9.74. The highest BCUT2D eigenvalue weighted by Crippen LogP contribution is 2.41. The van der Waals surface area contributed by atoms with Crippen molar-refractivity contribution < 1.29 is 26.0 Å². The lowest BCUT2D eigenvalue weighted by atomic mass is 9.99. The minimum absolute atomic E-state index is 0.00188. The van der Waals surface area contributed by atoms with Gasteiger partial charge in [-0.25, -0.2) is 15.0 Å². The lowest BCUT2D eigenvalue weighted by Crippen LogP contribution is -2.04. The Balaban J connectivity index is 1.31. The Labute approximate surface area is 354 Å². The molecule has 0 N–H and O–H groups in total. The first-order chi connectivity index (χ1) is 35.7. The molecule has 0 aliphatic carbocycles. The molecular weight excluding hydrogens is 701 g/mol. The van der Waals surface area contributed by atoms with Crippen LogP contribution in [-0.2, 0) is 0 Å². The van der Waals surface area contributed by atoms with Crippen LogP contribution in [0.25, 0.3) is 104 Å². The second kappa shape index (κ2) is 13.3. The Bertz CT molecular complexity index is 4270. The summed E-state index contributed by atoms with van der Waals surface area (Å²) in [6.07, 6.45) is 0. The van der Waals surface area contributed by atoms with E-state index in [1.54, 1.807) is 60.7 Å². The summed E-state index contributed by atoms with van der Waals surface area (Å²) >= 11 is 0.880. The van der Waals surface area contributed by atoms with Gasteiger partial charge in [-0.15, -0.1) is 11.3 Å². The van der Waals surface area contributed by atoms with Crippen LogP contribution in [0.15, 0.2) is 194 Å². The van der Waals surface area contributed by atoms with E-state index in [4.69, 9.17) is 30.0 Å². The SMILES string of the molecule is [2H]c1c([2H])c([2H])c(-c2c([2H])c([2H])c3c(c2[2H])c2c([2H])c([2H])c([2H])c([2H])c2n3-c2ccc(-c3c([2H])c([2H])c4c(sc5c([2H])c([2H])c([2H])c([2H])c54)c3[2H])cc2-c2nc(-c3ccccc3)nc(-c3ccccc3)n2)c([2H])c1[2H]. The number of hydrogen-bond donors (Lipinski definition) is 0. The monoisotopic (exact) mass is 751 g/mol. The topological polar surface area (TPSA) is 43.6 Å². The fourth-order valence-corrected chi connectivity index (χ4v) is 7.66. The van der Waals surface area contributed by atoms with Crippen molar-refractivity contribution in [1.29, 1.82) is 0 Å². The van der Waals surface area contributed by atoms with Gasteiger partial charge in [0.1, 0.15) is 0 Å². The van der Waals surface area contributed by atoms with Crippen molar-refractivity contribution in [3.63, 3.8) is 0 Å². The van der Waals surface area contributed by atoms with Crippen molar-refractivity contribution in [3.05, 3.63) is 194 Å². The largest absolute Gasteiger partial charge is 0.309 e. The number of benzene rings is 8. The van der Waals surface area contributed by atoms with Crippen molar-refractivity contribution in [2.45, 2.75) is 0 Å². The molecule has 11 rings (SSSR count). The maximum absolute atomic E-state index is 9.74. The molecule has 0 saturated heterocycles. The maximum Gasteiger partial charge on any atom is 0.166 e. The Kier molecular flexibility index (Phi) is 4.36. The molecule has 0 atom stereocenters. The average Bonchev–Trinajstić information content (AvgIpc) is 4.01. The number of aromatic nitrogens is 4. The van der Waals surface area contributed by atoms with Crippen molar-refractivity contribution >= 4 is 53.3 Å². The smallest absolute Gasteiger partial charge is 0.166 e. The lowest BCUT2D eigenvalue weighted by Gasteiger charge is -2.16. The molecule has 0 saturated carbocycles. The van der Waals surface area contributed by atoms with Crippen molar-refractivity contribution in [1.82, 2.24) is 19.5 Å². The predicted octanol–water partition coefficient (Wildman–Crippen LogP) is 13.7. The zero-order valence-corrected chi connectivity index (χ0v) is 29.5. The molecule has 262 valence electrons. The molecule has 0 spiro atoms. The molecule has 0 radical (unpaired) electrons. The third kappa shape index (κ3) is 5.48. The summed E-state index contributed by atoms with van der Waals surface area (Å²) in [7, 11) is 0. The van der Waals surface area contributed by atoms with Crippen LogP contribution in [0.5, 0.6) is 0 Å². The van der Waals surface area contributed by atoms with E-state index >= 15 is 0 Å². The molecule has 0 aliphatic rings. The molecular formula is C51H32N4S. The molecule has 0 bridgehead atoms. The van der Waals surface area contributed by atoms with Gasteiger partial charge in [0, 0.05) is 47.6 Å². The second-order valence-electron chi connectivity index (χ2n) is 12.6. The molecule has 5 heteroatoms. The summed E-state index contributed by atoms with van der Waals surface area (Å²) in [5.74, 6) is 0.271. The normalized spacial score (nSPS) is 16.3.